The van der Waals surface area contributed by atoms with E-state index in [2.05, 4.69) is 10.1 Å². The van der Waals surface area contributed by atoms with E-state index in [4.69, 9.17) is 4.52 Å². The Kier molecular flexibility index (Phi) is 6.04. The highest BCUT2D eigenvalue weighted by atomic mass is 19.4. The molecule has 2 aromatic heterocycles. The maximum Gasteiger partial charge on any atom is 0.416 e. The second-order valence-corrected chi connectivity index (χ2v) is 7.88. The molecule has 0 spiro atoms. The Balaban J connectivity index is 1.48. The van der Waals surface area contributed by atoms with E-state index in [1.165, 1.54) is 12.1 Å². The largest absolute Gasteiger partial charge is 0.465 e. The molecular weight excluding hydrogens is 435 g/mol. The number of halogens is 3. The quantitative estimate of drug-likeness (QED) is 0.371. The third-order valence-electron chi connectivity index (χ3n) is 5.29. The van der Waals surface area contributed by atoms with Crippen LogP contribution in [0.4, 0.5) is 23.8 Å². The molecule has 0 aliphatic rings. The van der Waals surface area contributed by atoms with Gasteiger partial charge in [-0.1, -0.05) is 36.3 Å². The zero-order valence-electron chi connectivity index (χ0n) is 17.6. The standard InChI is InChI=1S/C24H20F3N3O3/c1-15(10-16-2-6-20(7-3-16)24(25,26)27)14-30(23(31)32)22-12-21(33-29-22)18-4-5-19-13-28-9-8-17(19)11-18/h2-9,11-13,15H,10,14H2,1H3,(H,31,32)/t15-/m0/s1. The summed E-state index contributed by atoms with van der Waals surface area (Å²) in [6.45, 7) is 1.93. The highest BCUT2D eigenvalue weighted by Gasteiger charge is 2.30. The Morgan fingerprint density at radius 2 is 1.85 bits per heavy atom. The molecule has 0 aliphatic heterocycles. The third kappa shape index (κ3) is 5.14. The van der Waals surface area contributed by atoms with Crippen molar-refractivity contribution in [2.24, 2.45) is 5.92 Å². The molecule has 33 heavy (non-hydrogen) atoms. The number of rotatable bonds is 6. The first-order valence-electron chi connectivity index (χ1n) is 10.2. The van der Waals surface area contributed by atoms with E-state index in [1.807, 2.05) is 31.2 Å². The van der Waals surface area contributed by atoms with Crippen molar-refractivity contribution in [1.29, 1.82) is 0 Å². The van der Waals surface area contributed by atoms with Gasteiger partial charge in [0.15, 0.2) is 11.6 Å². The zero-order chi connectivity index (χ0) is 23.6. The minimum atomic E-state index is -4.39. The van der Waals surface area contributed by atoms with Crippen molar-refractivity contribution in [3.05, 3.63) is 78.1 Å². The number of aromatic nitrogens is 2. The summed E-state index contributed by atoms with van der Waals surface area (Å²) in [5.41, 5.74) is 0.717. The fourth-order valence-electron chi connectivity index (χ4n) is 3.64. The van der Waals surface area contributed by atoms with E-state index < -0.39 is 17.8 Å². The maximum atomic E-state index is 12.7. The molecule has 0 radical (unpaired) electrons. The molecular formula is C24H20F3N3O3. The minimum Gasteiger partial charge on any atom is -0.465 e. The lowest BCUT2D eigenvalue weighted by atomic mass is 9.99. The van der Waals surface area contributed by atoms with Crippen molar-refractivity contribution in [3.63, 3.8) is 0 Å². The molecule has 4 aromatic rings. The van der Waals surface area contributed by atoms with Crippen LogP contribution in [0.1, 0.15) is 18.1 Å². The lowest BCUT2D eigenvalue weighted by molar-refractivity contribution is -0.137. The Morgan fingerprint density at radius 3 is 2.55 bits per heavy atom. The summed E-state index contributed by atoms with van der Waals surface area (Å²) in [5.74, 6) is 0.392. The number of nitrogens with zero attached hydrogens (tertiary/aromatic N) is 3. The van der Waals surface area contributed by atoms with Crippen molar-refractivity contribution >= 4 is 22.7 Å². The molecule has 0 saturated carbocycles. The smallest absolute Gasteiger partial charge is 0.416 e. The van der Waals surface area contributed by atoms with E-state index in [-0.39, 0.29) is 18.3 Å². The predicted octanol–water partition coefficient (Wildman–Crippen LogP) is 6.27. The van der Waals surface area contributed by atoms with Gasteiger partial charge in [-0.25, -0.2) is 4.79 Å². The van der Waals surface area contributed by atoms with Gasteiger partial charge in [-0.2, -0.15) is 13.2 Å². The van der Waals surface area contributed by atoms with Crippen LogP contribution in [0, 0.1) is 5.92 Å². The number of hydrogen-bond donors (Lipinski definition) is 1. The molecule has 2 aromatic carbocycles. The number of hydrogen-bond acceptors (Lipinski definition) is 4. The van der Waals surface area contributed by atoms with Crippen LogP contribution in [-0.4, -0.2) is 27.9 Å². The molecule has 6 nitrogen and oxygen atoms in total. The van der Waals surface area contributed by atoms with E-state index in [0.29, 0.717) is 17.7 Å². The molecule has 2 heterocycles. The van der Waals surface area contributed by atoms with E-state index in [1.54, 1.807) is 18.5 Å². The van der Waals surface area contributed by atoms with Crippen LogP contribution < -0.4 is 4.90 Å². The van der Waals surface area contributed by atoms with Crippen LogP contribution in [0.15, 0.2) is 71.5 Å². The van der Waals surface area contributed by atoms with Gasteiger partial charge in [0.2, 0.25) is 0 Å². The van der Waals surface area contributed by atoms with E-state index in [9.17, 15) is 23.1 Å². The summed E-state index contributed by atoms with van der Waals surface area (Å²) in [5, 5.41) is 15.5. The molecule has 1 N–H and O–H groups in total. The summed E-state index contributed by atoms with van der Waals surface area (Å²) in [6, 6.07) is 13.9. The summed E-state index contributed by atoms with van der Waals surface area (Å²) >= 11 is 0. The topological polar surface area (TPSA) is 79.5 Å². The lowest BCUT2D eigenvalue weighted by Gasteiger charge is -2.20. The van der Waals surface area contributed by atoms with Gasteiger partial charge >= 0.3 is 12.3 Å². The fourth-order valence-corrected chi connectivity index (χ4v) is 3.64. The van der Waals surface area contributed by atoms with Crippen molar-refractivity contribution in [3.8, 4) is 11.3 Å². The Hall–Kier alpha value is -3.88. The molecule has 0 bridgehead atoms. The van der Waals surface area contributed by atoms with Gasteiger partial charge in [0.25, 0.3) is 0 Å². The Morgan fingerprint density at radius 1 is 1.09 bits per heavy atom. The number of pyridine rings is 1. The van der Waals surface area contributed by atoms with E-state index >= 15 is 0 Å². The molecule has 1 amide bonds. The van der Waals surface area contributed by atoms with Crippen LogP contribution in [0.5, 0.6) is 0 Å². The monoisotopic (exact) mass is 455 g/mol. The first kappa shape index (κ1) is 22.3. The first-order valence-corrected chi connectivity index (χ1v) is 10.2. The van der Waals surface area contributed by atoms with Crippen LogP contribution in [0.25, 0.3) is 22.1 Å². The predicted molar refractivity (Wildman–Crippen MR) is 117 cm³/mol. The molecule has 0 fully saturated rings. The molecule has 170 valence electrons. The number of fused-ring (bicyclic) bond motifs is 1. The molecule has 0 aliphatic carbocycles. The Labute approximate surface area is 187 Å². The minimum absolute atomic E-state index is 0.103. The SMILES string of the molecule is C[C@@H](Cc1ccc(C(F)(F)F)cc1)CN(C(=O)O)c1cc(-c2ccc3cnccc3c2)on1. The van der Waals surface area contributed by atoms with Crippen LogP contribution in [-0.2, 0) is 12.6 Å². The van der Waals surface area contributed by atoms with Crippen molar-refractivity contribution in [2.45, 2.75) is 19.5 Å². The fraction of sp³-hybridized carbons (Fsp3) is 0.208. The van der Waals surface area contributed by atoms with Gasteiger partial charge in [-0.05, 0) is 47.6 Å². The lowest BCUT2D eigenvalue weighted by Crippen LogP contribution is -2.34. The number of carboxylic acid groups (broad SMARTS) is 1. The number of alkyl halides is 3. The summed E-state index contributed by atoms with van der Waals surface area (Å²) in [4.78, 5) is 17.0. The van der Waals surface area contributed by atoms with Gasteiger partial charge in [0.05, 0.1) is 5.56 Å². The third-order valence-corrected chi connectivity index (χ3v) is 5.29. The Bertz CT molecular complexity index is 1270. The average molecular weight is 455 g/mol. The first-order chi connectivity index (χ1) is 15.7. The molecule has 4 rings (SSSR count). The van der Waals surface area contributed by atoms with E-state index in [0.717, 1.165) is 33.4 Å². The summed E-state index contributed by atoms with van der Waals surface area (Å²) < 4.78 is 43.6. The number of carbonyl (C=O) groups is 1. The van der Waals surface area contributed by atoms with Gasteiger partial charge in [0.1, 0.15) is 0 Å². The molecule has 0 unspecified atom stereocenters. The van der Waals surface area contributed by atoms with Gasteiger partial charge < -0.3 is 9.63 Å². The molecule has 9 heteroatoms. The highest BCUT2D eigenvalue weighted by molar-refractivity contribution is 5.87. The van der Waals surface area contributed by atoms with Gasteiger partial charge in [-0.15, -0.1) is 0 Å². The number of amides is 1. The second-order valence-electron chi connectivity index (χ2n) is 7.88. The number of benzene rings is 2. The molecule has 1 atom stereocenters. The zero-order valence-corrected chi connectivity index (χ0v) is 17.6. The van der Waals surface area contributed by atoms with Crippen molar-refractivity contribution in [2.75, 3.05) is 11.4 Å². The van der Waals surface area contributed by atoms with Gasteiger partial charge in [0, 0.05) is 36.0 Å². The number of anilines is 1. The maximum absolute atomic E-state index is 12.7. The van der Waals surface area contributed by atoms with Crippen molar-refractivity contribution < 1.29 is 27.6 Å². The van der Waals surface area contributed by atoms with Crippen molar-refractivity contribution in [1.82, 2.24) is 10.1 Å². The van der Waals surface area contributed by atoms with Gasteiger partial charge in [-0.3, -0.25) is 9.88 Å². The van der Waals surface area contributed by atoms with Crippen LogP contribution in [0.2, 0.25) is 0 Å². The highest BCUT2D eigenvalue weighted by Crippen LogP contribution is 2.30. The second kappa shape index (κ2) is 8.93. The van der Waals surface area contributed by atoms with Crippen LogP contribution >= 0.6 is 0 Å². The summed E-state index contributed by atoms with van der Waals surface area (Å²) in [7, 11) is 0. The average Bonchev–Trinajstić information content (AvgIpc) is 3.26. The van der Waals surface area contributed by atoms with Crippen LogP contribution in [0.3, 0.4) is 0 Å². The summed E-state index contributed by atoms with van der Waals surface area (Å²) in [6.07, 6.45) is -1.75. The normalized spacial score (nSPS) is 12.6. The molecule has 0 saturated heterocycles.